The number of methoxy groups -OCH3 is 1. The Bertz CT molecular complexity index is 1360. The number of hydrogen-bond donors (Lipinski definition) is 2. The van der Waals surface area contributed by atoms with Gasteiger partial charge in [0.25, 0.3) is 11.8 Å². The molecule has 0 unspecified atom stereocenters. The fourth-order valence-corrected chi connectivity index (χ4v) is 5.53. The van der Waals surface area contributed by atoms with Crippen LogP contribution in [0.25, 0.3) is 11.0 Å². The lowest BCUT2D eigenvalue weighted by molar-refractivity contribution is -0.165. The van der Waals surface area contributed by atoms with Crippen molar-refractivity contribution in [1.29, 1.82) is 0 Å². The predicted molar refractivity (Wildman–Crippen MR) is 129 cm³/mol. The number of rotatable bonds is 7. The van der Waals surface area contributed by atoms with Crippen molar-refractivity contribution in [2.24, 2.45) is 0 Å². The Hall–Kier alpha value is -3.44. The van der Waals surface area contributed by atoms with Crippen LogP contribution in [0.15, 0.2) is 24.4 Å². The second kappa shape index (κ2) is 9.14. The molecule has 1 amide bonds. The zero-order chi connectivity index (χ0) is 25.6. The third-order valence-electron chi connectivity index (χ3n) is 7.79. The predicted octanol–water partition coefficient (Wildman–Crippen LogP) is 3.45. The molecule has 4 aliphatic rings. The van der Waals surface area contributed by atoms with E-state index < -0.39 is 11.6 Å². The molecule has 194 valence electrons. The molecule has 0 spiro atoms. The molecule has 0 radical (unpaired) electrons. The highest BCUT2D eigenvalue weighted by atomic mass is 19.1. The van der Waals surface area contributed by atoms with Crippen LogP contribution in [0.5, 0.6) is 11.6 Å². The van der Waals surface area contributed by atoms with Crippen LogP contribution in [-0.2, 0) is 22.5 Å². The Labute approximate surface area is 211 Å². The molecule has 3 aromatic heterocycles. The normalized spacial score (nSPS) is 24.5. The average Bonchev–Trinajstić information content (AvgIpc) is 2.92. The second-order valence-corrected chi connectivity index (χ2v) is 10.0. The van der Waals surface area contributed by atoms with Gasteiger partial charge in [0.05, 0.1) is 42.2 Å². The number of halogens is 2. The van der Waals surface area contributed by atoms with E-state index in [4.69, 9.17) is 14.2 Å². The fraction of sp³-hybridized carbons (Fsp3) is 0.462. The lowest BCUT2D eigenvalue weighted by Crippen LogP contribution is -2.61. The number of aromatic nitrogens is 3. The Morgan fingerprint density at radius 3 is 2.76 bits per heavy atom. The van der Waals surface area contributed by atoms with Crippen LogP contribution >= 0.6 is 0 Å². The first-order chi connectivity index (χ1) is 17.9. The van der Waals surface area contributed by atoms with E-state index in [-0.39, 0.29) is 29.5 Å². The molecule has 7 rings (SSSR count). The first-order valence-electron chi connectivity index (χ1n) is 12.4. The van der Waals surface area contributed by atoms with Gasteiger partial charge in [-0.3, -0.25) is 9.78 Å². The fourth-order valence-electron chi connectivity index (χ4n) is 5.53. The molecule has 3 fully saturated rings. The molecule has 2 saturated heterocycles. The Kier molecular flexibility index (Phi) is 5.91. The Morgan fingerprint density at radius 1 is 1.16 bits per heavy atom. The molecule has 9 nitrogen and oxygen atoms in total. The largest absolute Gasteiger partial charge is 0.480 e. The molecule has 1 aliphatic carbocycles. The SMILES string of the molecule is COc1nc2c(CCC34CCC(NCc5ccc6c(n5)NC(=O)CO6)(CC3)CO4)c(F)cnc2cc1F. The van der Waals surface area contributed by atoms with E-state index in [1.807, 2.05) is 12.1 Å². The van der Waals surface area contributed by atoms with Gasteiger partial charge in [0.2, 0.25) is 0 Å². The van der Waals surface area contributed by atoms with Crippen molar-refractivity contribution in [1.82, 2.24) is 20.3 Å². The van der Waals surface area contributed by atoms with Crippen LogP contribution in [0.2, 0.25) is 0 Å². The lowest BCUT2D eigenvalue weighted by Gasteiger charge is -2.53. The molecule has 2 N–H and O–H groups in total. The van der Waals surface area contributed by atoms with Gasteiger partial charge in [-0.15, -0.1) is 0 Å². The summed E-state index contributed by atoms with van der Waals surface area (Å²) in [6, 6.07) is 4.93. The van der Waals surface area contributed by atoms with Gasteiger partial charge in [0, 0.05) is 23.7 Å². The molecule has 2 bridgehead atoms. The minimum atomic E-state index is -0.631. The summed E-state index contributed by atoms with van der Waals surface area (Å²) < 4.78 is 45.6. The van der Waals surface area contributed by atoms with Crippen molar-refractivity contribution >= 4 is 22.8 Å². The van der Waals surface area contributed by atoms with Crippen LogP contribution in [-0.4, -0.2) is 52.3 Å². The molecule has 11 heteroatoms. The summed E-state index contributed by atoms with van der Waals surface area (Å²) in [5.41, 5.74) is 1.33. The summed E-state index contributed by atoms with van der Waals surface area (Å²) in [5.74, 6) is -0.468. The van der Waals surface area contributed by atoms with Gasteiger partial charge in [-0.1, -0.05) is 0 Å². The van der Waals surface area contributed by atoms with E-state index >= 15 is 0 Å². The highest BCUT2D eigenvalue weighted by molar-refractivity contribution is 5.94. The summed E-state index contributed by atoms with van der Waals surface area (Å²) in [6.07, 6.45) is 5.69. The van der Waals surface area contributed by atoms with Gasteiger partial charge >= 0.3 is 0 Å². The highest BCUT2D eigenvalue weighted by Gasteiger charge is 2.49. The smallest absolute Gasteiger partial charge is 0.263 e. The molecule has 0 aromatic carbocycles. The van der Waals surface area contributed by atoms with E-state index in [2.05, 4.69) is 25.6 Å². The number of ether oxygens (including phenoxy) is 3. The number of nitrogens with one attached hydrogen (secondary N) is 2. The van der Waals surface area contributed by atoms with Gasteiger partial charge in [-0.2, -0.15) is 0 Å². The molecule has 3 aromatic rings. The third kappa shape index (κ3) is 4.46. The maximum atomic E-state index is 14.8. The zero-order valence-electron chi connectivity index (χ0n) is 20.4. The number of hydrogen-bond acceptors (Lipinski definition) is 8. The molecule has 0 atom stereocenters. The van der Waals surface area contributed by atoms with Crippen molar-refractivity contribution in [2.45, 2.75) is 56.2 Å². The van der Waals surface area contributed by atoms with Crippen molar-refractivity contribution in [2.75, 3.05) is 25.6 Å². The first-order valence-corrected chi connectivity index (χ1v) is 12.4. The minimum Gasteiger partial charge on any atom is -0.480 e. The molecule has 1 saturated carbocycles. The maximum absolute atomic E-state index is 14.8. The number of aryl methyl sites for hydroxylation is 1. The maximum Gasteiger partial charge on any atom is 0.263 e. The lowest BCUT2D eigenvalue weighted by atomic mass is 9.69. The monoisotopic (exact) mass is 511 g/mol. The standard InChI is InChI=1S/C26H27F2N5O4/c1-35-24-17(27)10-19-22(33-24)16(18(28)12-29-19)4-5-26-8-6-25(7-9-26,14-37-26)30-11-15-2-3-20-23(31-15)32-21(34)13-36-20/h2-3,10,12,30H,4-9,11,13-14H2,1H3,(H,31,32,34). The van der Waals surface area contributed by atoms with E-state index in [1.165, 1.54) is 13.2 Å². The average molecular weight is 512 g/mol. The highest BCUT2D eigenvalue weighted by Crippen LogP contribution is 2.46. The van der Waals surface area contributed by atoms with Crippen LogP contribution < -0.4 is 20.1 Å². The zero-order valence-corrected chi connectivity index (χ0v) is 20.4. The molecular weight excluding hydrogens is 484 g/mol. The van der Waals surface area contributed by atoms with Gasteiger partial charge in [-0.05, 0) is 50.7 Å². The Morgan fingerprint density at radius 2 is 2.00 bits per heavy atom. The van der Waals surface area contributed by atoms with Gasteiger partial charge in [-0.25, -0.2) is 18.7 Å². The summed E-state index contributed by atoms with van der Waals surface area (Å²) in [4.78, 5) is 24.3. The van der Waals surface area contributed by atoms with Gasteiger partial charge < -0.3 is 24.8 Å². The number of amides is 1. The summed E-state index contributed by atoms with van der Waals surface area (Å²) in [7, 11) is 1.33. The van der Waals surface area contributed by atoms with Crippen LogP contribution in [0, 0.1) is 11.6 Å². The van der Waals surface area contributed by atoms with Crippen molar-refractivity contribution < 1.29 is 27.8 Å². The van der Waals surface area contributed by atoms with E-state index in [0.29, 0.717) is 54.2 Å². The topological polar surface area (TPSA) is 107 Å². The van der Waals surface area contributed by atoms with E-state index in [0.717, 1.165) is 37.6 Å². The van der Waals surface area contributed by atoms with E-state index in [1.54, 1.807) is 0 Å². The number of fused-ring (bicyclic) bond motifs is 5. The van der Waals surface area contributed by atoms with Gasteiger partial charge in [0.1, 0.15) is 5.82 Å². The third-order valence-corrected chi connectivity index (χ3v) is 7.79. The summed E-state index contributed by atoms with van der Waals surface area (Å²) in [5, 5.41) is 6.37. The van der Waals surface area contributed by atoms with Crippen molar-refractivity contribution in [3.63, 3.8) is 0 Å². The summed E-state index contributed by atoms with van der Waals surface area (Å²) >= 11 is 0. The van der Waals surface area contributed by atoms with Crippen molar-refractivity contribution in [3.8, 4) is 11.6 Å². The molecule has 6 heterocycles. The Balaban J connectivity index is 1.11. The number of carbonyl (C=O) groups is 1. The summed E-state index contributed by atoms with van der Waals surface area (Å²) in [6.45, 7) is 1.09. The van der Waals surface area contributed by atoms with Crippen LogP contribution in [0.4, 0.5) is 14.6 Å². The molecular formula is C26H27F2N5O4. The number of anilines is 1. The first kappa shape index (κ1) is 23.9. The van der Waals surface area contributed by atoms with E-state index in [9.17, 15) is 13.6 Å². The number of pyridine rings is 3. The van der Waals surface area contributed by atoms with Crippen LogP contribution in [0.3, 0.4) is 0 Å². The van der Waals surface area contributed by atoms with Crippen molar-refractivity contribution in [3.05, 3.63) is 47.3 Å². The van der Waals surface area contributed by atoms with Gasteiger partial charge in [0.15, 0.2) is 24.0 Å². The molecule has 3 aliphatic heterocycles. The number of carbonyl (C=O) groups excluding carboxylic acids is 1. The minimum absolute atomic E-state index is 0.00174. The quantitative estimate of drug-likeness (QED) is 0.497. The second-order valence-electron chi connectivity index (χ2n) is 10.0. The van der Waals surface area contributed by atoms with Crippen LogP contribution in [0.1, 0.15) is 43.4 Å². The molecule has 37 heavy (non-hydrogen) atoms. The number of nitrogens with zero attached hydrogens (tertiary/aromatic N) is 3.